The molecule has 1 aromatic rings. The lowest BCUT2D eigenvalue weighted by molar-refractivity contribution is 0.312. The van der Waals surface area contributed by atoms with E-state index < -0.39 is 0 Å². The molecule has 0 saturated carbocycles. The second-order valence-corrected chi connectivity index (χ2v) is 5.16. The largest absolute Gasteiger partial charge is 0.353 e. The summed E-state index contributed by atoms with van der Waals surface area (Å²) in [5.74, 6) is 1.52. The fourth-order valence-corrected chi connectivity index (χ4v) is 1.95. The minimum Gasteiger partial charge on any atom is -0.353 e. The van der Waals surface area contributed by atoms with Gasteiger partial charge in [0.2, 0.25) is 5.95 Å². The maximum Gasteiger partial charge on any atom is 0.244 e. The molecule has 0 unspecified atom stereocenters. The van der Waals surface area contributed by atoms with Crippen molar-refractivity contribution in [1.29, 1.82) is 0 Å². The smallest absolute Gasteiger partial charge is 0.244 e. The van der Waals surface area contributed by atoms with Gasteiger partial charge >= 0.3 is 0 Å². The van der Waals surface area contributed by atoms with Gasteiger partial charge in [-0.1, -0.05) is 0 Å². The number of nitrogens with zero attached hydrogens (tertiary/aromatic N) is 6. The van der Waals surface area contributed by atoms with Crippen molar-refractivity contribution in [3.05, 3.63) is 6.20 Å². The van der Waals surface area contributed by atoms with Crippen molar-refractivity contribution in [2.75, 3.05) is 70.6 Å². The van der Waals surface area contributed by atoms with Crippen LogP contribution in [0.4, 0.5) is 11.8 Å². The van der Waals surface area contributed by atoms with E-state index in [0.717, 1.165) is 45.1 Å². The van der Waals surface area contributed by atoms with Crippen LogP contribution in [0.3, 0.4) is 0 Å². The SMILES string of the molecule is CN(C)CCNc1nncc(N2CCN(C)CC2)n1. The summed E-state index contributed by atoms with van der Waals surface area (Å²) >= 11 is 0. The van der Waals surface area contributed by atoms with Gasteiger partial charge in [-0.3, -0.25) is 0 Å². The van der Waals surface area contributed by atoms with Gasteiger partial charge in [-0.15, -0.1) is 5.10 Å². The standard InChI is InChI=1S/C12H23N7/c1-17(2)5-4-13-12-15-11(10-14-16-12)19-8-6-18(3)7-9-19/h10H,4-9H2,1-3H3,(H,13,15,16). The maximum absolute atomic E-state index is 4.52. The fraction of sp³-hybridized carbons (Fsp3) is 0.750. The van der Waals surface area contributed by atoms with Gasteiger partial charge in [-0.05, 0) is 21.1 Å². The first kappa shape index (κ1) is 14.0. The second kappa shape index (κ2) is 6.63. The Kier molecular flexibility index (Phi) is 4.86. The summed E-state index contributed by atoms with van der Waals surface area (Å²) in [6, 6.07) is 0. The molecule has 0 radical (unpaired) electrons. The lowest BCUT2D eigenvalue weighted by Gasteiger charge is -2.32. The third kappa shape index (κ3) is 4.29. The minimum absolute atomic E-state index is 0.610. The van der Waals surface area contributed by atoms with Gasteiger partial charge in [0.25, 0.3) is 0 Å². The Morgan fingerprint density at radius 1 is 1.26 bits per heavy atom. The van der Waals surface area contributed by atoms with Crippen molar-refractivity contribution >= 4 is 11.8 Å². The van der Waals surface area contributed by atoms with Gasteiger partial charge in [0.1, 0.15) is 0 Å². The topological polar surface area (TPSA) is 60.4 Å². The maximum atomic E-state index is 4.52. The summed E-state index contributed by atoms with van der Waals surface area (Å²) in [5.41, 5.74) is 0. The molecule has 7 nitrogen and oxygen atoms in total. The van der Waals surface area contributed by atoms with Gasteiger partial charge in [0.15, 0.2) is 5.82 Å². The van der Waals surface area contributed by atoms with Crippen LogP contribution in [-0.4, -0.2) is 85.4 Å². The molecule has 2 rings (SSSR count). The van der Waals surface area contributed by atoms with E-state index in [1.54, 1.807) is 6.20 Å². The fourth-order valence-electron chi connectivity index (χ4n) is 1.95. The Morgan fingerprint density at radius 2 is 2.00 bits per heavy atom. The van der Waals surface area contributed by atoms with E-state index in [-0.39, 0.29) is 0 Å². The molecule has 19 heavy (non-hydrogen) atoms. The quantitative estimate of drug-likeness (QED) is 0.777. The molecular formula is C12H23N7. The Bertz CT molecular complexity index is 387. The number of likely N-dealkylation sites (N-methyl/N-ethyl adjacent to an activating group) is 2. The Balaban J connectivity index is 1.91. The van der Waals surface area contributed by atoms with Crippen LogP contribution in [0.1, 0.15) is 0 Å². The molecule has 7 heteroatoms. The van der Waals surface area contributed by atoms with Crippen LogP contribution >= 0.6 is 0 Å². The van der Waals surface area contributed by atoms with Gasteiger partial charge < -0.3 is 20.0 Å². The number of hydrogen-bond acceptors (Lipinski definition) is 7. The zero-order valence-corrected chi connectivity index (χ0v) is 12.0. The zero-order chi connectivity index (χ0) is 13.7. The molecule has 0 aromatic carbocycles. The normalized spacial score (nSPS) is 16.9. The van der Waals surface area contributed by atoms with Gasteiger partial charge in [0.05, 0.1) is 6.20 Å². The molecule has 0 bridgehead atoms. The molecule has 1 aliphatic heterocycles. The molecule has 0 spiro atoms. The molecule has 0 atom stereocenters. The highest BCUT2D eigenvalue weighted by atomic mass is 15.3. The highest BCUT2D eigenvalue weighted by molar-refractivity contribution is 5.40. The monoisotopic (exact) mass is 265 g/mol. The average Bonchev–Trinajstić information content (AvgIpc) is 2.39. The first-order valence-corrected chi connectivity index (χ1v) is 6.67. The highest BCUT2D eigenvalue weighted by Crippen LogP contribution is 2.12. The summed E-state index contributed by atoms with van der Waals surface area (Å²) in [6.45, 7) is 5.88. The molecule has 0 aliphatic carbocycles. The van der Waals surface area contributed by atoms with Crippen LogP contribution in [0.2, 0.25) is 0 Å². The van der Waals surface area contributed by atoms with E-state index in [0.29, 0.717) is 5.95 Å². The molecule has 1 aromatic heterocycles. The van der Waals surface area contributed by atoms with Crippen molar-refractivity contribution in [1.82, 2.24) is 25.0 Å². The van der Waals surface area contributed by atoms with E-state index in [1.807, 2.05) is 14.1 Å². The zero-order valence-electron chi connectivity index (χ0n) is 12.0. The van der Waals surface area contributed by atoms with E-state index >= 15 is 0 Å². The van der Waals surface area contributed by atoms with Crippen molar-refractivity contribution in [2.45, 2.75) is 0 Å². The van der Waals surface area contributed by atoms with Crippen LogP contribution in [0.25, 0.3) is 0 Å². The molecule has 1 saturated heterocycles. The summed E-state index contributed by atoms with van der Waals surface area (Å²) in [5, 5.41) is 11.3. The van der Waals surface area contributed by atoms with Crippen LogP contribution in [0.5, 0.6) is 0 Å². The van der Waals surface area contributed by atoms with Crippen molar-refractivity contribution in [2.24, 2.45) is 0 Å². The Labute approximate surface area is 114 Å². The van der Waals surface area contributed by atoms with E-state index in [1.165, 1.54) is 0 Å². The van der Waals surface area contributed by atoms with E-state index in [4.69, 9.17) is 0 Å². The molecule has 1 fully saturated rings. The lowest BCUT2D eigenvalue weighted by atomic mass is 10.3. The van der Waals surface area contributed by atoms with Crippen LogP contribution in [0.15, 0.2) is 6.20 Å². The molecule has 1 aliphatic rings. The van der Waals surface area contributed by atoms with E-state index in [2.05, 4.69) is 42.2 Å². The lowest BCUT2D eigenvalue weighted by Crippen LogP contribution is -2.44. The van der Waals surface area contributed by atoms with Crippen molar-refractivity contribution in [3.8, 4) is 0 Å². The number of nitrogens with one attached hydrogen (secondary N) is 1. The number of anilines is 2. The number of aromatic nitrogens is 3. The Morgan fingerprint density at radius 3 is 2.68 bits per heavy atom. The summed E-state index contributed by atoms with van der Waals surface area (Å²) in [6.07, 6.45) is 1.74. The highest BCUT2D eigenvalue weighted by Gasteiger charge is 2.16. The van der Waals surface area contributed by atoms with Gasteiger partial charge in [-0.25, -0.2) is 0 Å². The second-order valence-electron chi connectivity index (χ2n) is 5.16. The first-order valence-electron chi connectivity index (χ1n) is 6.67. The number of hydrogen-bond donors (Lipinski definition) is 1. The van der Waals surface area contributed by atoms with Crippen LogP contribution in [0, 0.1) is 0 Å². The molecule has 0 amide bonds. The predicted molar refractivity (Wildman–Crippen MR) is 76.6 cm³/mol. The van der Waals surface area contributed by atoms with Crippen molar-refractivity contribution in [3.63, 3.8) is 0 Å². The summed E-state index contributed by atoms with van der Waals surface area (Å²) in [7, 11) is 6.23. The molecular weight excluding hydrogens is 242 g/mol. The summed E-state index contributed by atoms with van der Waals surface area (Å²) < 4.78 is 0. The van der Waals surface area contributed by atoms with Crippen LogP contribution < -0.4 is 10.2 Å². The molecule has 106 valence electrons. The van der Waals surface area contributed by atoms with E-state index in [9.17, 15) is 0 Å². The molecule has 1 N–H and O–H groups in total. The first-order chi connectivity index (χ1) is 9.15. The third-order valence-corrected chi connectivity index (χ3v) is 3.22. The predicted octanol–water partition coefficient (Wildman–Crippen LogP) is -0.403. The van der Waals surface area contributed by atoms with Crippen molar-refractivity contribution < 1.29 is 0 Å². The minimum atomic E-state index is 0.610. The number of rotatable bonds is 5. The van der Waals surface area contributed by atoms with Crippen LogP contribution in [-0.2, 0) is 0 Å². The number of piperazine rings is 1. The van der Waals surface area contributed by atoms with Gasteiger partial charge in [0, 0.05) is 39.3 Å². The Hall–Kier alpha value is -1.47. The summed E-state index contributed by atoms with van der Waals surface area (Å²) in [4.78, 5) is 11.2. The average molecular weight is 265 g/mol. The van der Waals surface area contributed by atoms with Gasteiger partial charge in [-0.2, -0.15) is 10.1 Å². The third-order valence-electron chi connectivity index (χ3n) is 3.22. The molecule has 2 heterocycles.